The molecule has 0 radical (unpaired) electrons. The second kappa shape index (κ2) is 3.51. The van der Waals surface area contributed by atoms with Crippen molar-refractivity contribution in [1.29, 1.82) is 0 Å². The van der Waals surface area contributed by atoms with Gasteiger partial charge in [0, 0.05) is 12.1 Å². The van der Waals surface area contributed by atoms with Gasteiger partial charge in [-0.3, -0.25) is 0 Å². The number of aromatic nitrogens is 4. The fourth-order valence-electron chi connectivity index (χ4n) is 1.27. The second-order valence-corrected chi connectivity index (χ2v) is 3.24. The van der Waals surface area contributed by atoms with E-state index in [2.05, 4.69) is 49.5 Å². The van der Waals surface area contributed by atoms with Crippen LogP contribution in [-0.2, 0) is 0 Å². The first-order chi connectivity index (χ1) is 5.63. The predicted octanol–water partition coefficient (Wildman–Crippen LogP) is 0.228. The van der Waals surface area contributed by atoms with E-state index < -0.39 is 0 Å². The van der Waals surface area contributed by atoms with Crippen LogP contribution in [0.1, 0.15) is 27.7 Å². The average molecular weight is 168 g/mol. The van der Waals surface area contributed by atoms with Gasteiger partial charge < -0.3 is 14.9 Å². The molecule has 0 saturated heterocycles. The number of hydrogen-bond donors (Lipinski definition) is 0. The highest BCUT2D eigenvalue weighted by molar-refractivity contribution is 4.89. The van der Waals surface area contributed by atoms with E-state index >= 15 is 0 Å². The van der Waals surface area contributed by atoms with E-state index in [-0.39, 0.29) is 0 Å². The molecular weight excluding hydrogens is 154 g/mol. The lowest BCUT2D eigenvalue weighted by Crippen LogP contribution is -2.46. The van der Waals surface area contributed by atoms with Gasteiger partial charge in [-0.2, -0.15) is 0 Å². The maximum atomic E-state index is 3.78. The molecule has 0 atom stereocenters. The van der Waals surface area contributed by atoms with Crippen molar-refractivity contribution in [1.82, 2.24) is 20.3 Å². The highest BCUT2D eigenvalue weighted by atomic mass is 15.7. The minimum atomic E-state index is 0.366. The molecule has 0 N–H and O–H groups in total. The van der Waals surface area contributed by atoms with Gasteiger partial charge in [-0.25, -0.2) is 6.33 Å². The van der Waals surface area contributed by atoms with Crippen molar-refractivity contribution in [2.24, 2.45) is 0 Å². The van der Waals surface area contributed by atoms with Crippen molar-refractivity contribution >= 4 is 0 Å². The molecule has 0 aromatic carbocycles. The molecule has 0 amide bonds. The second-order valence-electron chi connectivity index (χ2n) is 3.24. The van der Waals surface area contributed by atoms with E-state index in [1.54, 1.807) is 4.79 Å². The Hall–Kier alpha value is -1.13. The molecule has 1 aromatic rings. The number of rotatable bonds is 3. The Morgan fingerprint density at radius 1 is 1.17 bits per heavy atom. The first-order valence-corrected chi connectivity index (χ1v) is 4.07. The van der Waals surface area contributed by atoms with Crippen molar-refractivity contribution in [3.63, 3.8) is 0 Å². The van der Waals surface area contributed by atoms with Crippen molar-refractivity contribution in [3.8, 4) is 0 Å². The lowest BCUT2D eigenvalue weighted by Gasteiger charge is -2.36. The number of hydrogen-bond acceptors (Lipinski definition) is 4. The van der Waals surface area contributed by atoms with E-state index in [0.29, 0.717) is 12.1 Å². The Bertz CT molecular complexity index is 208. The molecule has 1 rings (SSSR count). The number of nitrogens with zero attached hydrogens (tertiary/aromatic N) is 5. The molecule has 12 heavy (non-hydrogen) atoms. The molecule has 0 fully saturated rings. The van der Waals surface area contributed by atoms with Gasteiger partial charge >= 0.3 is 0 Å². The Morgan fingerprint density at radius 3 is 2.08 bits per heavy atom. The summed E-state index contributed by atoms with van der Waals surface area (Å²) in [6.07, 6.45) is 2.67. The normalized spacial score (nSPS) is 11.2. The molecule has 0 aliphatic carbocycles. The van der Waals surface area contributed by atoms with Gasteiger partial charge in [0.25, 0.3) is 0 Å². The first-order valence-electron chi connectivity index (χ1n) is 4.07. The predicted molar refractivity (Wildman–Crippen MR) is 45.1 cm³/mol. The van der Waals surface area contributed by atoms with Crippen LogP contribution in [-0.4, -0.2) is 32.4 Å². The third kappa shape index (κ3) is 1.72. The van der Waals surface area contributed by atoms with E-state index in [1.807, 2.05) is 5.01 Å². The van der Waals surface area contributed by atoms with E-state index in [4.69, 9.17) is 0 Å². The van der Waals surface area contributed by atoms with Crippen LogP contribution in [0, 0.1) is 6.33 Å². The zero-order valence-corrected chi connectivity index (χ0v) is 7.89. The van der Waals surface area contributed by atoms with Gasteiger partial charge in [-0.1, -0.05) is 10.4 Å². The maximum absolute atomic E-state index is 3.78. The van der Waals surface area contributed by atoms with Crippen LogP contribution in [0.5, 0.6) is 0 Å². The molecular formula is C7H14N5-. The molecule has 0 saturated carbocycles. The fraction of sp³-hybridized carbons (Fsp3) is 0.857. The zero-order valence-electron chi connectivity index (χ0n) is 7.89. The molecule has 0 bridgehead atoms. The quantitative estimate of drug-likeness (QED) is 0.606. The van der Waals surface area contributed by atoms with Crippen molar-refractivity contribution in [2.75, 3.05) is 5.01 Å². The summed E-state index contributed by atoms with van der Waals surface area (Å²) in [5.41, 5.74) is 0. The monoisotopic (exact) mass is 168 g/mol. The lowest BCUT2D eigenvalue weighted by molar-refractivity contribution is 0.418. The molecule has 0 spiro atoms. The highest BCUT2D eigenvalue weighted by Gasteiger charge is 2.09. The summed E-state index contributed by atoms with van der Waals surface area (Å²) in [7, 11) is 0. The SMILES string of the molecule is CC(C)N(C(C)C)n1[c-]nnn1. The van der Waals surface area contributed by atoms with Gasteiger partial charge in [0.15, 0.2) is 0 Å². The third-order valence-corrected chi connectivity index (χ3v) is 1.58. The van der Waals surface area contributed by atoms with Crippen LogP contribution in [0.4, 0.5) is 0 Å². The summed E-state index contributed by atoms with van der Waals surface area (Å²) in [5.74, 6) is 0. The first kappa shape index (κ1) is 8.96. The lowest BCUT2D eigenvalue weighted by atomic mass is 10.3. The van der Waals surface area contributed by atoms with Gasteiger partial charge in [0.1, 0.15) is 0 Å². The van der Waals surface area contributed by atoms with Gasteiger partial charge in [-0.05, 0) is 27.7 Å². The van der Waals surface area contributed by atoms with Gasteiger partial charge in [-0.15, -0.1) is 0 Å². The summed E-state index contributed by atoms with van der Waals surface area (Å²) in [4.78, 5) is 1.55. The summed E-state index contributed by atoms with van der Waals surface area (Å²) >= 11 is 0. The molecule has 68 valence electrons. The summed E-state index contributed by atoms with van der Waals surface area (Å²) in [5, 5.41) is 12.8. The Labute approximate surface area is 72.3 Å². The van der Waals surface area contributed by atoms with Crippen LogP contribution in [0.25, 0.3) is 0 Å². The van der Waals surface area contributed by atoms with Crippen LogP contribution >= 0.6 is 0 Å². The smallest absolute Gasteiger partial charge is 0.0387 e. The van der Waals surface area contributed by atoms with Gasteiger partial charge in [0.05, 0.1) is 0 Å². The van der Waals surface area contributed by atoms with E-state index in [0.717, 1.165) is 0 Å². The molecule has 5 nitrogen and oxygen atoms in total. The van der Waals surface area contributed by atoms with Crippen LogP contribution < -0.4 is 5.01 Å². The fourth-order valence-corrected chi connectivity index (χ4v) is 1.27. The molecule has 1 heterocycles. The maximum Gasteiger partial charge on any atom is 0.0387 e. The average Bonchev–Trinajstić information content (AvgIpc) is 2.37. The van der Waals surface area contributed by atoms with Gasteiger partial charge in [0.2, 0.25) is 0 Å². The molecule has 0 unspecified atom stereocenters. The largest absolute Gasteiger partial charge is 0.329 e. The summed E-state index contributed by atoms with van der Waals surface area (Å²) in [6.45, 7) is 8.37. The minimum Gasteiger partial charge on any atom is -0.329 e. The third-order valence-electron chi connectivity index (χ3n) is 1.58. The molecule has 0 aliphatic heterocycles. The number of tetrazole rings is 1. The van der Waals surface area contributed by atoms with Crippen molar-refractivity contribution in [3.05, 3.63) is 6.33 Å². The topological polar surface area (TPSA) is 46.8 Å². The Kier molecular flexibility index (Phi) is 2.62. The Morgan fingerprint density at radius 2 is 1.75 bits per heavy atom. The molecule has 1 aromatic heterocycles. The van der Waals surface area contributed by atoms with Crippen molar-refractivity contribution in [2.45, 2.75) is 39.8 Å². The molecule has 0 aliphatic rings. The Balaban J connectivity index is 2.81. The van der Waals surface area contributed by atoms with Crippen LogP contribution in [0.2, 0.25) is 0 Å². The van der Waals surface area contributed by atoms with E-state index in [9.17, 15) is 0 Å². The summed E-state index contributed by atoms with van der Waals surface area (Å²) < 4.78 is 0. The van der Waals surface area contributed by atoms with Crippen LogP contribution in [0.15, 0.2) is 0 Å². The molecule has 5 heteroatoms. The zero-order chi connectivity index (χ0) is 9.14. The summed E-state index contributed by atoms with van der Waals surface area (Å²) in [6, 6.07) is 0.731. The van der Waals surface area contributed by atoms with E-state index in [1.165, 1.54) is 0 Å². The highest BCUT2D eigenvalue weighted by Crippen LogP contribution is 2.00. The standard InChI is InChI=1S/C7H14N5/c1-6(2)12(7(3)4)11-5-8-9-10-11/h6-7H,1-4H3/q-1. The van der Waals surface area contributed by atoms with Crippen LogP contribution in [0.3, 0.4) is 0 Å². The van der Waals surface area contributed by atoms with Crippen molar-refractivity contribution < 1.29 is 0 Å². The minimum absolute atomic E-state index is 0.366.